The van der Waals surface area contributed by atoms with Crippen molar-refractivity contribution in [3.63, 3.8) is 0 Å². The minimum atomic E-state index is -0.971. The number of carbonyl (C=O) groups excluding carboxylic acids is 2. The van der Waals surface area contributed by atoms with Crippen LogP contribution in [0.1, 0.15) is 51.9 Å². The Balaban J connectivity index is 1.39. The van der Waals surface area contributed by atoms with Crippen LogP contribution in [0.2, 0.25) is 0 Å². The molecule has 0 spiro atoms. The first-order valence-corrected chi connectivity index (χ1v) is 13.1. The highest BCUT2D eigenvalue weighted by Crippen LogP contribution is 2.47. The molecule has 7 heteroatoms. The first-order valence-electron chi connectivity index (χ1n) is 13.1. The molecule has 2 aliphatic rings. The molecule has 0 bridgehead atoms. The van der Waals surface area contributed by atoms with Crippen LogP contribution >= 0.6 is 0 Å². The SMILES string of the molecule is CCOCC(=O)N1CCc2c(-c3cccc(C(=O)O)c3)ccc(CNC(=O)[C@H]3C[C@H]3c3ccccc3)c2C1. The second kappa shape index (κ2) is 11.2. The van der Waals surface area contributed by atoms with Gasteiger partial charge < -0.3 is 20.1 Å². The van der Waals surface area contributed by atoms with E-state index in [1.807, 2.05) is 43.3 Å². The molecule has 2 amide bonds. The zero-order chi connectivity index (χ0) is 26.6. The molecule has 1 saturated carbocycles. The van der Waals surface area contributed by atoms with Crippen molar-refractivity contribution in [3.8, 4) is 11.1 Å². The second-order valence-corrected chi connectivity index (χ2v) is 9.89. The van der Waals surface area contributed by atoms with Crippen molar-refractivity contribution in [1.29, 1.82) is 0 Å². The molecule has 1 aliphatic heterocycles. The molecule has 38 heavy (non-hydrogen) atoms. The summed E-state index contributed by atoms with van der Waals surface area (Å²) in [6, 6.07) is 21.0. The van der Waals surface area contributed by atoms with E-state index in [1.165, 1.54) is 5.56 Å². The summed E-state index contributed by atoms with van der Waals surface area (Å²) < 4.78 is 5.35. The van der Waals surface area contributed by atoms with E-state index in [4.69, 9.17) is 4.74 Å². The lowest BCUT2D eigenvalue weighted by Gasteiger charge is -2.32. The number of hydrogen-bond acceptors (Lipinski definition) is 4. The Kier molecular flexibility index (Phi) is 7.56. The van der Waals surface area contributed by atoms with Gasteiger partial charge in [-0.1, -0.05) is 54.6 Å². The summed E-state index contributed by atoms with van der Waals surface area (Å²) in [5.74, 6) is -0.738. The fraction of sp³-hybridized carbons (Fsp3) is 0.323. The standard InChI is InChI=1S/C31H32N2O5/c1-2-38-19-29(34)33-14-13-25-24(21-9-6-10-22(15-21)31(36)37)12-11-23(28(25)18-33)17-32-30(35)27-16-26(27)20-7-4-3-5-8-20/h3-12,15,26-27H,2,13-14,16-19H2,1H3,(H,32,35)(H,36,37)/t26-,27-/m0/s1. The van der Waals surface area contributed by atoms with Crippen molar-refractivity contribution in [1.82, 2.24) is 10.2 Å². The fourth-order valence-corrected chi connectivity index (χ4v) is 5.36. The first kappa shape index (κ1) is 25.7. The molecule has 3 aromatic carbocycles. The Morgan fingerprint density at radius 3 is 2.61 bits per heavy atom. The number of ether oxygens (including phenoxy) is 1. The number of benzene rings is 3. The molecule has 1 aliphatic carbocycles. The third kappa shape index (κ3) is 5.48. The van der Waals surface area contributed by atoms with Crippen molar-refractivity contribution in [2.24, 2.45) is 5.92 Å². The lowest BCUT2D eigenvalue weighted by Crippen LogP contribution is -2.39. The predicted molar refractivity (Wildman–Crippen MR) is 144 cm³/mol. The van der Waals surface area contributed by atoms with Crippen LogP contribution in [0.15, 0.2) is 66.7 Å². The number of hydrogen-bond donors (Lipinski definition) is 2. The van der Waals surface area contributed by atoms with Crippen LogP contribution in [0.25, 0.3) is 11.1 Å². The lowest BCUT2D eigenvalue weighted by atomic mass is 9.87. The summed E-state index contributed by atoms with van der Waals surface area (Å²) in [5.41, 5.74) is 6.28. The molecular weight excluding hydrogens is 480 g/mol. The molecular formula is C31H32N2O5. The van der Waals surface area contributed by atoms with Gasteiger partial charge in [0.25, 0.3) is 0 Å². The zero-order valence-electron chi connectivity index (χ0n) is 21.5. The van der Waals surface area contributed by atoms with Gasteiger partial charge in [-0.05, 0) is 71.2 Å². The number of amides is 2. The molecule has 2 N–H and O–H groups in total. The van der Waals surface area contributed by atoms with E-state index >= 15 is 0 Å². The predicted octanol–water partition coefficient (Wildman–Crippen LogP) is 4.39. The van der Waals surface area contributed by atoms with Crippen LogP contribution in [-0.4, -0.2) is 47.5 Å². The summed E-state index contributed by atoms with van der Waals surface area (Å²) in [6.45, 7) is 3.74. The van der Waals surface area contributed by atoms with E-state index in [0.717, 1.165) is 34.2 Å². The average molecular weight is 513 g/mol. The summed E-state index contributed by atoms with van der Waals surface area (Å²) in [6.07, 6.45) is 1.49. The Bertz CT molecular complexity index is 1350. The van der Waals surface area contributed by atoms with Crippen molar-refractivity contribution >= 4 is 17.8 Å². The van der Waals surface area contributed by atoms with Crippen LogP contribution < -0.4 is 5.32 Å². The van der Waals surface area contributed by atoms with Crippen LogP contribution in [0.3, 0.4) is 0 Å². The van der Waals surface area contributed by atoms with Crippen molar-refractivity contribution < 1.29 is 24.2 Å². The molecule has 5 rings (SSSR count). The maximum Gasteiger partial charge on any atom is 0.335 e. The maximum absolute atomic E-state index is 13.0. The van der Waals surface area contributed by atoms with Crippen LogP contribution in [-0.2, 0) is 33.8 Å². The van der Waals surface area contributed by atoms with Gasteiger partial charge in [-0.15, -0.1) is 0 Å². The van der Waals surface area contributed by atoms with E-state index in [9.17, 15) is 19.5 Å². The zero-order valence-corrected chi connectivity index (χ0v) is 21.5. The van der Waals surface area contributed by atoms with Gasteiger partial charge in [0.05, 0.1) is 5.56 Å². The molecule has 196 valence electrons. The smallest absolute Gasteiger partial charge is 0.335 e. The second-order valence-electron chi connectivity index (χ2n) is 9.89. The van der Waals surface area contributed by atoms with Crippen LogP contribution in [0.5, 0.6) is 0 Å². The molecule has 0 saturated heterocycles. The minimum Gasteiger partial charge on any atom is -0.478 e. The molecule has 0 aromatic heterocycles. The Labute approximate surface area is 222 Å². The highest BCUT2D eigenvalue weighted by atomic mass is 16.5. The van der Waals surface area contributed by atoms with Gasteiger partial charge >= 0.3 is 5.97 Å². The molecule has 3 aromatic rings. The quantitative estimate of drug-likeness (QED) is 0.443. The van der Waals surface area contributed by atoms with Crippen LogP contribution in [0.4, 0.5) is 0 Å². The molecule has 0 unspecified atom stereocenters. The number of nitrogens with zero attached hydrogens (tertiary/aromatic N) is 1. The number of aromatic carboxylic acids is 1. The topological polar surface area (TPSA) is 95.9 Å². The number of nitrogens with one attached hydrogen (secondary N) is 1. The normalized spacial score (nSPS) is 18.0. The minimum absolute atomic E-state index is 0.0180. The highest BCUT2D eigenvalue weighted by Gasteiger charge is 2.43. The van der Waals surface area contributed by atoms with Crippen LogP contribution in [0, 0.1) is 5.92 Å². The number of carboxylic acid groups (broad SMARTS) is 1. The van der Waals surface area contributed by atoms with E-state index in [2.05, 4.69) is 17.4 Å². The Morgan fingerprint density at radius 2 is 1.84 bits per heavy atom. The van der Waals surface area contributed by atoms with Crippen molar-refractivity contribution in [2.75, 3.05) is 19.8 Å². The molecule has 7 nitrogen and oxygen atoms in total. The van der Waals surface area contributed by atoms with E-state index < -0.39 is 5.97 Å². The van der Waals surface area contributed by atoms with Gasteiger partial charge in [0.1, 0.15) is 6.61 Å². The van der Waals surface area contributed by atoms with Gasteiger partial charge in [-0.3, -0.25) is 9.59 Å². The summed E-state index contributed by atoms with van der Waals surface area (Å²) >= 11 is 0. The average Bonchev–Trinajstić information content (AvgIpc) is 3.76. The van der Waals surface area contributed by atoms with Gasteiger partial charge in [0, 0.05) is 32.2 Å². The summed E-state index contributed by atoms with van der Waals surface area (Å²) in [7, 11) is 0. The molecule has 0 radical (unpaired) electrons. The van der Waals surface area contributed by atoms with E-state index in [1.54, 1.807) is 23.1 Å². The Hall–Kier alpha value is -3.97. The Morgan fingerprint density at radius 1 is 1.03 bits per heavy atom. The summed E-state index contributed by atoms with van der Waals surface area (Å²) in [5, 5.41) is 12.6. The van der Waals surface area contributed by atoms with Gasteiger partial charge in [0.15, 0.2) is 0 Å². The van der Waals surface area contributed by atoms with Crippen molar-refractivity contribution in [2.45, 2.75) is 38.8 Å². The maximum atomic E-state index is 13.0. The number of fused-ring (bicyclic) bond motifs is 1. The number of carbonyl (C=O) groups is 3. The third-order valence-corrected chi connectivity index (χ3v) is 7.52. The first-order chi connectivity index (χ1) is 18.5. The van der Waals surface area contributed by atoms with Gasteiger partial charge in [0.2, 0.25) is 11.8 Å². The van der Waals surface area contributed by atoms with Gasteiger partial charge in [-0.2, -0.15) is 0 Å². The highest BCUT2D eigenvalue weighted by molar-refractivity contribution is 5.90. The summed E-state index contributed by atoms with van der Waals surface area (Å²) in [4.78, 5) is 39.1. The van der Waals surface area contributed by atoms with Crippen molar-refractivity contribution in [3.05, 3.63) is 94.5 Å². The number of carboxylic acids is 1. The largest absolute Gasteiger partial charge is 0.478 e. The number of rotatable bonds is 9. The van der Waals surface area contributed by atoms with Gasteiger partial charge in [-0.25, -0.2) is 4.79 Å². The van der Waals surface area contributed by atoms with E-state index in [0.29, 0.717) is 32.7 Å². The fourth-order valence-electron chi connectivity index (χ4n) is 5.36. The monoisotopic (exact) mass is 512 g/mol. The molecule has 1 fully saturated rings. The molecule has 2 atom stereocenters. The molecule has 1 heterocycles. The lowest BCUT2D eigenvalue weighted by molar-refractivity contribution is -0.137. The third-order valence-electron chi connectivity index (χ3n) is 7.52. The van der Waals surface area contributed by atoms with E-state index in [-0.39, 0.29) is 35.8 Å².